The van der Waals surface area contributed by atoms with Gasteiger partial charge >= 0.3 is 0 Å². The molecule has 0 aliphatic rings. The average Bonchev–Trinajstić information content (AvgIpc) is 2.96. The summed E-state index contributed by atoms with van der Waals surface area (Å²) >= 11 is 0. The molecule has 1 aromatic carbocycles. The van der Waals surface area contributed by atoms with E-state index in [1.807, 2.05) is 12.1 Å². The number of hydrogen-bond acceptors (Lipinski definition) is 5. The molecule has 3 rings (SSSR count). The van der Waals surface area contributed by atoms with E-state index in [0.29, 0.717) is 34.4 Å². The molecule has 0 saturated carbocycles. The molecule has 0 aliphatic carbocycles. The van der Waals surface area contributed by atoms with E-state index in [9.17, 15) is 4.21 Å². The third-order valence-corrected chi connectivity index (χ3v) is 3.98. The highest BCUT2D eigenvalue weighted by molar-refractivity contribution is 7.84. The molecule has 0 aliphatic heterocycles. The molecular weight excluding hydrogens is 300 g/mol. The van der Waals surface area contributed by atoms with Crippen molar-refractivity contribution in [1.29, 1.82) is 0 Å². The number of nitrogens with zero attached hydrogens (tertiary/aromatic N) is 3. The van der Waals surface area contributed by atoms with E-state index in [1.165, 1.54) is 0 Å². The van der Waals surface area contributed by atoms with E-state index in [0.717, 1.165) is 5.56 Å². The summed E-state index contributed by atoms with van der Waals surface area (Å²) in [5.74, 6) is 1.22. The number of imidazole rings is 1. The van der Waals surface area contributed by atoms with Gasteiger partial charge in [-0.05, 0) is 18.2 Å². The minimum absolute atomic E-state index is 0.396. The zero-order valence-corrected chi connectivity index (χ0v) is 12.8. The first-order valence-electron chi connectivity index (χ1n) is 6.57. The molecule has 0 bridgehead atoms. The molecule has 1 N–H and O–H groups in total. The van der Waals surface area contributed by atoms with E-state index in [4.69, 9.17) is 4.74 Å². The van der Waals surface area contributed by atoms with Crippen LogP contribution in [0.2, 0.25) is 0 Å². The van der Waals surface area contributed by atoms with Gasteiger partial charge in [0.05, 0.1) is 15.7 Å². The third-order valence-electron chi connectivity index (χ3n) is 3.02. The lowest BCUT2D eigenvalue weighted by atomic mass is 10.2. The number of hydrogen-bond donors (Lipinski definition) is 1. The van der Waals surface area contributed by atoms with Crippen LogP contribution in [-0.2, 0) is 10.8 Å². The SMILES string of the molecule is C=CCOc1ccc(-c2nc3nccnc3[nH]2)c(S(C)=O)c1. The van der Waals surface area contributed by atoms with Crippen LogP contribution in [0.5, 0.6) is 5.75 Å². The van der Waals surface area contributed by atoms with Crippen molar-refractivity contribution in [2.24, 2.45) is 0 Å². The predicted octanol–water partition coefficient (Wildman–Crippen LogP) is 2.32. The molecule has 0 radical (unpaired) electrons. The lowest BCUT2D eigenvalue weighted by Crippen LogP contribution is -1.97. The first kappa shape index (κ1) is 14.4. The minimum Gasteiger partial charge on any atom is -0.490 e. The van der Waals surface area contributed by atoms with Crippen molar-refractivity contribution in [3.8, 4) is 17.1 Å². The van der Waals surface area contributed by atoms with Crippen LogP contribution in [0.3, 0.4) is 0 Å². The molecule has 0 amide bonds. The number of fused-ring (bicyclic) bond motifs is 1. The van der Waals surface area contributed by atoms with Gasteiger partial charge in [-0.15, -0.1) is 0 Å². The molecule has 112 valence electrons. The first-order valence-corrected chi connectivity index (χ1v) is 8.13. The topological polar surface area (TPSA) is 80.8 Å². The van der Waals surface area contributed by atoms with Gasteiger partial charge in [0.25, 0.3) is 0 Å². The molecule has 2 aromatic heterocycles. The van der Waals surface area contributed by atoms with Crippen LogP contribution >= 0.6 is 0 Å². The summed E-state index contributed by atoms with van der Waals surface area (Å²) in [7, 11) is -1.19. The van der Waals surface area contributed by atoms with Crippen LogP contribution in [0.25, 0.3) is 22.7 Å². The van der Waals surface area contributed by atoms with E-state index >= 15 is 0 Å². The molecule has 1 unspecified atom stereocenters. The Morgan fingerprint density at radius 3 is 2.91 bits per heavy atom. The zero-order valence-electron chi connectivity index (χ0n) is 11.9. The molecule has 7 heteroatoms. The molecule has 22 heavy (non-hydrogen) atoms. The van der Waals surface area contributed by atoms with Crippen molar-refractivity contribution in [3.63, 3.8) is 0 Å². The number of nitrogens with one attached hydrogen (secondary N) is 1. The Bertz CT molecular complexity index is 827. The second kappa shape index (κ2) is 6.07. The number of benzene rings is 1. The van der Waals surface area contributed by atoms with Gasteiger partial charge < -0.3 is 9.72 Å². The van der Waals surface area contributed by atoms with Crippen molar-refractivity contribution in [2.75, 3.05) is 12.9 Å². The van der Waals surface area contributed by atoms with Crippen molar-refractivity contribution in [3.05, 3.63) is 43.2 Å². The largest absolute Gasteiger partial charge is 0.490 e. The van der Waals surface area contributed by atoms with Crippen LogP contribution in [0, 0.1) is 0 Å². The van der Waals surface area contributed by atoms with E-state index in [-0.39, 0.29) is 0 Å². The number of rotatable bonds is 5. The summed E-state index contributed by atoms with van der Waals surface area (Å²) in [5.41, 5.74) is 1.86. The summed E-state index contributed by atoms with van der Waals surface area (Å²) in [5, 5.41) is 0. The third kappa shape index (κ3) is 2.75. The van der Waals surface area contributed by atoms with Gasteiger partial charge in [0, 0.05) is 24.2 Å². The highest BCUT2D eigenvalue weighted by Gasteiger charge is 2.14. The number of ether oxygens (including phenoxy) is 1. The standard InChI is InChI=1S/C15H14N4O2S/c1-3-8-21-10-4-5-11(12(9-10)22(2)20)13-18-14-15(19-13)17-7-6-16-14/h3-7,9H,1,8H2,2H3,(H,16,17,18,19). The highest BCUT2D eigenvalue weighted by atomic mass is 32.2. The van der Waals surface area contributed by atoms with Crippen LogP contribution in [-0.4, -0.2) is 37.0 Å². The van der Waals surface area contributed by atoms with Crippen LogP contribution in [0.15, 0.2) is 48.1 Å². The Kier molecular flexibility index (Phi) is 3.97. The fraction of sp³-hybridized carbons (Fsp3) is 0.133. The molecule has 6 nitrogen and oxygen atoms in total. The normalized spacial score (nSPS) is 12.2. The predicted molar refractivity (Wildman–Crippen MR) is 85.1 cm³/mol. The lowest BCUT2D eigenvalue weighted by Gasteiger charge is -2.08. The molecule has 0 saturated heterocycles. The number of aromatic nitrogens is 4. The second-order valence-corrected chi connectivity index (χ2v) is 5.87. The Hall–Kier alpha value is -2.54. The fourth-order valence-corrected chi connectivity index (χ4v) is 2.81. The van der Waals surface area contributed by atoms with Gasteiger partial charge in [0.2, 0.25) is 0 Å². The molecule has 1 atom stereocenters. The van der Waals surface area contributed by atoms with Gasteiger partial charge in [0.15, 0.2) is 11.3 Å². The van der Waals surface area contributed by atoms with E-state index < -0.39 is 10.8 Å². The van der Waals surface area contributed by atoms with Gasteiger partial charge in [-0.25, -0.2) is 15.0 Å². The summed E-state index contributed by atoms with van der Waals surface area (Å²) in [6.45, 7) is 4.01. The maximum absolute atomic E-state index is 12.0. The molecule has 2 heterocycles. The van der Waals surface area contributed by atoms with Crippen molar-refractivity contribution in [2.45, 2.75) is 4.90 Å². The maximum atomic E-state index is 12.0. The Labute approximate surface area is 129 Å². The van der Waals surface area contributed by atoms with Crippen molar-refractivity contribution < 1.29 is 8.95 Å². The fourth-order valence-electron chi connectivity index (χ4n) is 2.06. The minimum atomic E-state index is -1.19. The summed E-state index contributed by atoms with van der Waals surface area (Å²) in [6, 6.07) is 5.39. The molecule has 0 spiro atoms. The van der Waals surface area contributed by atoms with Gasteiger partial charge in [0.1, 0.15) is 18.2 Å². The Balaban J connectivity index is 2.08. The van der Waals surface area contributed by atoms with E-state index in [1.54, 1.807) is 30.8 Å². The Morgan fingerprint density at radius 2 is 2.18 bits per heavy atom. The number of H-pyrrole nitrogens is 1. The van der Waals surface area contributed by atoms with Gasteiger partial charge in [-0.3, -0.25) is 4.21 Å². The lowest BCUT2D eigenvalue weighted by molar-refractivity contribution is 0.362. The summed E-state index contributed by atoms with van der Waals surface area (Å²) < 4.78 is 17.5. The smallest absolute Gasteiger partial charge is 0.197 e. The zero-order chi connectivity index (χ0) is 15.5. The maximum Gasteiger partial charge on any atom is 0.197 e. The summed E-state index contributed by atoms with van der Waals surface area (Å²) in [4.78, 5) is 16.4. The molecule has 0 fully saturated rings. The molecule has 3 aromatic rings. The first-order chi connectivity index (χ1) is 10.7. The van der Waals surface area contributed by atoms with Gasteiger partial charge in [-0.2, -0.15) is 0 Å². The molecular formula is C15H14N4O2S. The highest BCUT2D eigenvalue weighted by Crippen LogP contribution is 2.28. The second-order valence-electron chi connectivity index (χ2n) is 4.53. The van der Waals surface area contributed by atoms with Crippen molar-refractivity contribution >= 4 is 22.1 Å². The Morgan fingerprint density at radius 1 is 1.36 bits per heavy atom. The number of aromatic amines is 1. The van der Waals surface area contributed by atoms with Crippen LogP contribution in [0.4, 0.5) is 0 Å². The van der Waals surface area contributed by atoms with Crippen molar-refractivity contribution in [1.82, 2.24) is 19.9 Å². The van der Waals surface area contributed by atoms with Gasteiger partial charge in [-0.1, -0.05) is 12.7 Å². The van der Waals surface area contributed by atoms with Crippen LogP contribution in [0.1, 0.15) is 0 Å². The average molecular weight is 314 g/mol. The monoisotopic (exact) mass is 314 g/mol. The van der Waals surface area contributed by atoms with Crippen LogP contribution < -0.4 is 4.74 Å². The quantitative estimate of drug-likeness (QED) is 0.731. The summed E-state index contributed by atoms with van der Waals surface area (Å²) in [6.07, 6.45) is 6.45. The van der Waals surface area contributed by atoms with E-state index in [2.05, 4.69) is 26.5 Å².